The zero-order valence-electron chi connectivity index (χ0n) is 17.4. The molecule has 2 aromatic rings. The van der Waals surface area contributed by atoms with Crippen LogP contribution in [0.4, 0.5) is 10.2 Å². The number of ether oxygens (including phenoxy) is 2. The molecule has 0 unspecified atom stereocenters. The van der Waals surface area contributed by atoms with E-state index in [4.69, 9.17) is 14.6 Å². The molecular formula is C21H28FN3O5S. The highest BCUT2D eigenvalue weighted by atomic mass is 32.2. The third-order valence-corrected chi connectivity index (χ3v) is 5.73. The highest BCUT2D eigenvalue weighted by Crippen LogP contribution is 2.25. The molecule has 0 amide bonds. The van der Waals surface area contributed by atoms with Gasteiger partial charge in [-0.3, -0.25) is 0 Å². The molecule has 0 spiro atoms. The van der Waals surface area contributed by atoms with E-state index in [-0.39, 0.29) is 23.9 Å². The summed E-state index contributed by atoms with van der Waals surface area (Å²) < 4.78 is 50.9. The molecule has 2 rings (SSSR count). The molecule has 31 heavy (non-hydrogen) atoms. The van der Waals surface area contributed by atoms with Gasteiger partial charge in [-0.2, -0.15) is 0 Å². The summed E-state index contributed by atoms with van der Waals surface area (Å²) in [5.41, 5.74) is 0.543. The lowest BCUT2D eigenvalue weighted by atomic mass is 10.2. The summed E-state index contributed by atoms with van der Waals surface area (Å²) in [5.74, 6) is 1.06. The van der Waals surface area contributed by atoms with Gasteiger partial charge in [-0.25, -0.2) is 22.5 Å². The van der Waals surface area contributed by atoms with Crippen molar-refractivity contribution in [1.29, 1.82) is 0 Å². The monoisotopic (exact) mass is 453 g/mol. The van der Waals surface area contributed by atoms with Crippen molar-refractivity contribution < 1.29 is 27.4 Å². The van der Waals surface area contributed by atoms with Gasteiger partial charge in [-0.1, -0.05) is 12.2 Å². The van der Waals surface area contributed by atoms with E-state index < -0.39 is 10.0 Å². The van der Waals surface area contributed by atoms with Crippen molar-refractivity contribution in [3.8, 4) is 11.5 Å². The number of aromatic nitrogens is 1. The predicted octanol–water partition coefficient (Wildman–Crippen LogP) is 2.72. The van der Waals surface area contributed by atoms with Crippen molar-refractivity contribution in [1.82, 2.24) is 9.71 Å². The number of halogens is 1. The zero-order valence-corrected chi connectivity index (χ0v) is 18.3. The fourth-order valence-electron chi connectivity index (χ4n) is 2.54. The largest absolute Gasteiger partial charge is 0.494 e. The quantitative estimate of drug-likeness (QED) is 0.298. The summed E-state index contributed by atoms with van der Waals surface area (Å²) in [7, 11) is -2.32. The van der Waals surface area contributed by atoms with Gasteiger partial charge < -0.3 is 19.9 Å². The van der Waals surface area contributed by atoms with Crippen LogP contribution in [0.2, 0.25) is 0 Å². The second-order valence-corrected chi connectivity index (χ2v) is 8.48. The maximum Gasteiger partial charge on any atom is 0.242 e. The zero-order chi connectivity index (χ0) is 22.7. The number of aliphatic hydroxyl groups is 1. The standard InChI is InChI=1S/C21H28FN3O5S/c1-16(15-26)9-11-25-31(27,28)19-13-20(29-2)21(24-14-19)23-10-3-4-12-30-18-7-5-17(22)6-8-18/h5-8,13-14,25-26H,1,3-4,9-12,15H2,2H3,(H,23,24). The number of methoxy groups -OCH3 is 1. The minimum atomic E-state index is -3.76. The van der Waals surface area contributed by atoms with Crippen LogP contribution in [0, 0.1) is 5.82 Å². The second kappa shape index (κ2) is 12.2. The van der Waals surface area contributed by atoms with E-state index in [0.717, 1.165) is 12.8 Å². The molecule has 0 aliphatic heterocycles. The van der Waals surface area contributed by atoms with E-state index in [1.165, 1.54) is 31.5 Å². The minimum absolute atomic E-state index is 0.0165. The molecule has 10 heteroatoms. The van der Waals surface area contributed by atoms with Gasteiger partial charge in [0.15, 0.2) is 11.6 Å². The number of anilines is 1. The van der Waals surface area contributed by atoms with Gasteiger partial charge in [0.05, 0.1) is 20.3 Å². The average Bonchev–Trinajstić information content (AvgIpc) is 2.77. The first kappa shape index (κ1) is 24.6. The van der Waals surface area contributed by atoms with Gasteiger partial charge in [0.1, 0.15) is 16.5 Å². The minimum Gasteiger partial charge on any atom is -0.494 e. The van der Waals surface area contributed by atoms with Gasteiger partial charge in [0.2, 0.25) is 10.0 Å². The van der Waals surface area contributed by atoms with Crippen LogP contribution in [0.3, 0.4) is 0 Å². The highest BCUT2D eigenvalue weighted by Gasteiger charge is 2.17. The lowest BCUT2D eigenvalue weighted by Gasteiger charge is -2.13. The van der Waals surface area contributed by atoms with Crippen molar-refractivity contribution in [2.24, 2.45) is 0 Å². The molecule has 0 aliphatic carbocycles. The normalized spacial score (nSPS) is 11.2. The lowest BCUT2D eigenvalue weighted by Crippen LogP contribution is -2.25. The summed E-state index contributed by atoms with van der Waals surface area (Å²) in [6.07, 6.45) is 3.14. The van der Waals surface area contributed by atoms with Gasteiger partial charge >= 0.3 is 0 Å². The van der Waals surface area contributed by atoms with E-state index in [2.05, 4.69) is 21.6 Å². The molecule has 170 valence electrons. The summed E-state index contributed by atoms with van der Waals surface area (Å²) in [6.45, 7) is 4.64. The molecule has 0 aliphatic rings. The lowest BCUT2D eigenvalue weighted by molar-refractivity contribution is 0.308. The predicted molar refractivity (Wildman–Crippen MR) is 116 cm³/mol. The summed E-state index contributed by atoms with van der Waals surface area (Å²) in [4.78, 5) is 4.15. The van der Waals surface area contributed by atoms with Crippen LogP contribution in [-0.2, 0) is 10.0 Å². The van der Waals surface area contributed by atoms with Crippen molar-refractivity contribution in [3.63, 3.8) is 0 Å². The van der Waals surface area contributed by atoms with Crippen LogP contribution < -0.4 is 19.5 Å². The third kappa shape index (κ3) is 8.16. The number of nitrogens with one attached hydrogen (secondary N) is 2. The number of rotatable bonds is 14. The first-order chi connectivity index (χ1) is 14.9. The Kier molecular flexibility index (Phi) is 9.70. The average molecular weight is 454 g/mol. The number of pyridine rings is 1. The number of sulfonamides is 1. The first-order valence-electron chi connectivity index (χ1n) is 9.79. The molecule has 1 aromatic heterocycles. The van der Waals surface area contributed by atoms with E-state index in [9.17, 15) is 12.8 Å². The van der Waals surface area contributed by atoms with Crippen molar-refractivity contribution in [2.45, 2.75) is 24.2 Å². The Morgan fingerprint density at radius 2 is 1.97 bits per heavy atom. The maximum atomic E-state index is 12.9. The van der Waals surface area contributed by atoms with Crippen LogP contribution >= 0.6 is 0 Å². The van der Waals surface area contributed by atoms with Gasteiger partial charge in [0.25, 0.3) is 0 Å². The number of hydrogen-bond donors (Lipinski definition) is 3. The molecule has 0 saturated carbocycles. The van der Waals surface area contributed by atoms with Crippen molar-refractivity contribution >= 4 is 15.8 Å². The summed E-state index contributed by atoms with van der Waals surface area (Å²) >= 11 is 0. The van der Waals surface area contributed by atoms with Crippen LogP contribution in [0.1, 0.15) is 19.3 Å². The molecule has 0 bridgehead atoms. The van der Waals surface area contributed by atoms with Crippen molar-refractivity contribution in [3.05, 3.63) is 54.5 Å². The molecule has 8 nitrogen and oxygen atoms in total. The summed E-state index contributed by atoms with van der Waals surface area (Å²) in [6, 6.07) is 7.25. The Labute approximate surface area is 182 Å². The maximum absolute atomic E-state index is 12.9. The number of hydrogen-bond acceptors (Lipinski definition) is 7. The van der Waals surface area contributed by atoms with E-state index in [1.807, 2.05) is 0 Å². The molecule has 3 N–H and O–H groups in total. The van der Waals surface area contributed by atoms with E-state index >= 15 is 0 Å². The molecule has 0 saturated heterocycles. The van der Waals surface area contributed by atoms with Gasteiger partial charge in [-0.05, 0) is 43.5 Å². The number of aliphatic hydroxyl groups excluding tert-OH is 1. The Balaban J connectivity index is 1.81. The SMILES string of the molecule is C=C(CO)CCNS(=O)(=O)c1cnc(NCCCCOc2ccc(F)cc2)c(OC)c1. The smallest absolute Gasteiger partial charge is 0.242 e. The molecular weight excluding hydrogens is 425 g/mol. The Bertz CT molecular complexity index is 952. The molecule has 0 radical (unpaired) electrons. The number of nitrogens with zero attached hydrogens (tertiary/aromatic N) is 1. The van der Waals surface area contributed by atoms with Crippen molar-refractivity contribution in [2.75, 3.05) is 38.7 Å². The fraction of sp³-hybridized carbons (Fsp3) is 0.381. The van der Waals surface area contributed by atoms with Crippen LogP contribution in [0.15, 0.2) is 53.6 Å². The second-order valence-electron chi connectivity index (χ2n) is 6.71. The molecule has 1 heterocycles. The third-order valence-electron chi connectivity index (χ3n) is 4.30. The topological polar surface area (TPSA) is 110 Å². The number of benzene rings is 1. The van der Waals surface area contributed by atoms with Crippen LogP contribution in [0.25, 0.3) is 0 Å². The van der Waals surface area contributed by atoms with Crippen LogP contribution in [-0.4, -0.2) is 51.9 Å². The van der Waals surface area contributed by atoms with Gasteiger partial charge in [0, 0.05) is 25.4 Å². The Morgan fingerprint density at radius 1 is 1.23 bits per heavy atom. The van der Waals surface area contributed by atoms with Gasteiger partial charge in [-0.15, -0.1) is 0 Å². The molecule has 0 atom stereocenters. The summed E-state index contributed by atoms with van der Waals surface area (Å²) in [5, 5.41) is 12.0. The van der Waals surface area contributed by atoms with Crippen LogP contribution in [0.5, 0.6) is 11.5 Å². The number of unbranched alkanes of at least 4 members (excludes halogenated alkanes) is 1. The van der Waals surface area contributed by atoms with E-state index in [1.54, 1.807) is 12.1 Å². The Morgan fingerprint density at radius 3 is 2.65 bits per heavy atom. The van der Waals surface area contributed by atoms with E-state index in [0.29, 0.717) is 42.5 Å². The Hall–Kier alpha value is -2.69. The first-order valence-corrected chi connectivity index (χ1v) is 11.3. The highest BCUT2D eigenvalue weighted by molar-refractivity contribution is 7.89. The molecule has 1 aromatic carbocycles. The fourth-order valence-corrected chi connectivity index (χ4v) is 3.53. The molecule has 0 fully saturated rings.